The Morgan fingerprint density at radius 2 is 2.08 bits per heavy atom. The minimum atomic E-state index is -0.487. The van der Waals surface area contributed by atoms with Crippen molar-refractivity contribution in [1.29, 1.82) is 0 Å². The van der Waals surface area contributed by atoms with Crippen molar-refractivity contribution in [1.82, 2.24) is 4.90 Å². The number of anilines is 1. The molecule has 26 heavy (non-hydrogen) atoms. The Morgan fingerprint density at radius 1 is 1.31 bits per heavy atom. The number of likely N-dealkylation sites (N-methyl/N-ethyl adjacent to an activating group) is 1. The zero-order valence-corrected chi connectivity index (χ0v) is 15.3. The standard InChI is InChI=1S/C19H19ClN2O4/c1-22-8-7-11-9-14-17(26-10-25-14)18(24-2)15(11)16(22)19(23)21-13-5-3-12(20)4-6-13/h3-6,9,16H,7-8,10H2,1-2H3,(H,21,23)/t16-/m1/s1. The highest BCUT2D eigenvalue weighted by Crippen LogP contribution is 2.49. The van der Waals surface area contributed by atoms with Gasteiger partial charge >= 0.3 is 0 Å². The quantitative estimate of drug-likeness (QED) is 0.893. The normalized spacial score (nSPS) is 18.3. The molecule has 1 N–H and O–H groups in total. The SMILES string of the molecule is COc1c2c(cc3c1[C@H](C(=O)Nc1ccc(Cl)cc1)N(C)CC3)OCO2. The summed E-state index contributed by atoms with van der Waals surface area (Å²) in [5.74, 6) is 1.67. The third-order valence-electron chi connectivity index (χ3n) is 4.76. The van der Waals surface area contributed by atoms with E-state index in [1.807, 2.05) is 18.0 Å². The average molecular weight is 375 g/mol. The lowest BCUT2D eigenvalue weighted by atomic mass is 9.90. The van der Waals surface area contributed by atoms with E-state index in [4.69, 9.17) is 25.8 Å². The van der Waals surface area contributed by atoms with E-state index in [0.717, 1.165) is 24.1 Å². The summed E-state index contributed by atoms with van der Waals surface area (Å²) in [5, 5.41) is 3.59. The van der Waals surface area contributed by atoms with Crippen molar-refractivity contribution >= 4 is 23.2 Å². The van der Waals surface area contributed by atoms with Crippen molar-refractivity contribution in [3.63, 3.8) is 0 Å². The van der Waals surface area contributed by atoms with Gasteiger partial charge < -0.3 is 19.5 Å². The van der Waals surface area contributed by atoms with E-state index in [0.29, 0.717) is 28.0 Å². The number of methoxy groups -OCH3 is 1. The molecule has 0 aromatic heterocycles. The monoisotopic (exact) mass is 374 g/mol. The third-order valence-corrected chi connectivity index (χ3v) is 5.01. The topological polar surface area (TPSA) is 60.0 Å². The molecule has 2 aliphatic rings. The van der Waals surface area contributed by atoms with Gasteiger partial charge in [-0.1, -0.05) is 11.6 Å². The molecule has 2 aromatic carbocycles. The molecule has 0 bridgehead atoms. The van der Waals surface area contributed by atoms with Crippen LogP contribution in [0.15, 0.2) is 30.3 Å². The molecule has 0 unspecified atom stereocenters. The predicted octanol–water partition coefficient (Wildman–Crippen LogP) is 3.25. The minimum absolute atomic E-state index is 0.132. The Labute approximate surface area is 156 Å². The van der Waals surface area contributed by atoms with Gasteiger partial charge in [0, 0.05) is 22.8 Å². The molecule has 0 saturated carbocycles. The van der Waals surface area contributed by atoms with Crippen LogP contribution in [-0.4, -0.2) is 38.3 Å². The number of halogens is 1. The van der Waals surface area contributed by atoms with Gasteiger partial charge in [-0.25, -0.2) is 0 Å². The number of carbonyl (C=O) groups is 1. The van der Waals surface area contributed by atoms with Crippen molar-refractivity contribution in [3.05, 3.63) is 46.5 Å². The van der Waals surface area contributed by atoms with E-state index in [9.17, 15) is 4.79 Å². The highest BCUT2D eigenvalue weighted by molar-refractivity contribution is 6.30. The lowest BCUT2D eigenvalue weighted by Gasteiger charge is -2.34. The molecule has 6 nitrogen and oxygen atoms in total. The number of fused-ring (bicyclic) bond motifs is 2. The third kappa shape index (κ3) is 2.85. The molecule has 2 aromatic rings. The van der Waals surface area contributed by atoms with Crippen LogP contribution in [0.5, 0.6) is 17.2 Å². The van der Waals surface area contributed by atoms with E-state index < -0.39 is 6.04 Å². The molecule has 2 heterocycles. The Bertz CT molecular complexity index is 854. The van der Waals surface area contributed by atoms with Gasteiger partial charge in [-0.15, -0.1) is 0 Å². The highest BCUT2D eigenvalue weighted by Gasteiger charge is 2.37. The average Bonchev–Trinajstić information content (AvgIpc) is 3.10. The van der Waals surface area contributed by atoms with Crippen LogP contribution in [-0.2, 0) is 11.2 Å². The molecule has 2 aliphatic heterocycles. The summed E-state index contributed by atoms with van der Waals surface area (Å²) in [5.41, 5.74) is 2.57. The summed E-state index contributed by atoms with van der Waals surface area (Å²) < 4.78 is 16.7. The number of nitrogens with zero attached hydrogens (tertiary/aromatic N) is 1. The first kappa shape index (κ1) is 17.0. The zero-order chi connectivity index (χ0) is 18.3. The highest BCUT2D eigenvalue weighted by atomic mass is 35.5. The summed E-state index contributed by atoms with van der Waals surface area (Å²) in [6.07, 6.45) is 0.809. The van der Waals surface area contributed by atoms with Gasteiger partial charge in [0.15, 0.2) is 11.5 Å². The van der Waals surface area contributed by atoms with Crippen LogP contribution in [0, 0.1) is 0 Å². The zero-order valence-electron chi connectivity index (χ0n) is 14.5. The van der Waals surface area contributed by atoms with Crippen molar-refractivity contribution in [2.24, 2.45) is 0 Å². The number of rotatable bonds is 3. The number of hydrogen-bond acceptors (Lipinski definition) is 5. The van der Waals surface area contributed by atoms with Gasteiger partial charge in [0.05, 0.1) is 7.11 Å². The molecule has 7 heteroatoms. The number of amides is 1. The molecule has 0 radical (unpaired) electrons. The minimum Gasteiger partial charge on any atom is -0.492 e. The summed E-state index contributed by atoms with van der Waals surface area (Å²) >= 11 is 5.92. The summed E-state index contributed by atoms with van der Waals surface area (Å²) in [7, 11) is 3.51. The maximum Gasteiger partial charge on any atom is 0.246 e. The van der Waals surface area contributed by atoms with Crippen LogP contribution in [0.2, 0.25) is 5.02 Å². The fourth-order valence-corrected chi connectivity index (χ4v) is 3.63. The lowest BCUT2D eigenvalue weighted by molar-refractivity contribution is -0.121. The molecule has 0 saturated heterocycles. The van der Waals surface area contributed by atoms with Crippen LogP contribution in [0.1, 0.15) is 17.2 Å². The Kier molecular flexibility index (Phi) is 4.38. The first-order chi connectivity index (χ1) is 12.6. The maximum atomic E-state index is 13.1. The molecule has 0 fully saturated rings. The predicted molar refractivity (Wildman–Crippen MR) is 98.3 cm³/mol. The largest absolute Gasteiger partial charge is 0.492 e. The van der Waals surface area contributed by atoms with E-state index in [2.05, 4.69) is 5.32 Å². The van der Waals surface area contributed by atoms with E-state index in [1.54, 1.807) is 31.4 Å². The maximum absolute atomic E-state index is 13.1. The van der Waals surface area contributed by atoms with E-state index >= 15 is 0 Å². The summed E-state index contributed by atoms with van der Waals surface area (Å²) in [6, 6.07) is 8.51. The van der Waals surface area contributed by atoms with Gasteiger partial charge in [0.25, 0.3) is 0 Å². The van der Waals surface area contributed by atoms with Gasteiger partial charge in [-0.05, 0) is 49.4 Å². The smallest absolute Gasteiger partial charge is 0.246 e. The molecular weight excluding hydrogens is 356 g/mol. The second-order valence-corrected chi connectivity index (χ2v) is 6.78. The van der Waals surface area contributed by atoms with Crippen LogP contribution >= 0.6 is 11.6 Å². The van der Waals surface area contributed by atoms with Crippen LogP contribution in [0.25, 0.3) is 0 Å². The summed E-state index contributed by atoms with van der Waals surface area (Å²) in [4.78, 5) is 15.1. The second kappa shape index (κ2) is 6.70. The van der Waals surface area contributed by atoms with Gasteiger partial charge in [0.1, 0.15) is 6.04 Å². The fourth-order valence-electron chi connectivity index (χ4n) is 3.51. The van der Waals surface area contributed by atoms with Gasteiger partial charge in [0.2, 0.25) is 18.4 Å². The van der Waals surface area contributed by atoms with E-state index in [-0.39, 0.29) is 12.7 Å². The number of carbonyl (C=O) groups excluding carboxylic acids is 1. The van der Waals surface area contributed by atoms with Crippen molar-refractivity contribution < 1.29 is 19.0 Å². The van der Waals surface area contributed by atoms with Gasteiger partial charge in [-0.2, -0.15) is 0 Å². The van der Waals surface area contributed by atoms with E-state index in [1.165, 1.54) is 0 Å². The Hall–Kier alpha value is -2.44. The molecule has 0 spiro atoms. The second-order valence-electron chi connectivity index (χ2n) is 6.35. The van der Waals surface area contributed by atoms with Crippen molar-refractivity contribution in [2.45, 2.75) is 12.5 Å². The molecule has 1 atom stereocenters. The van der Waals surface area contributed by atoms with Crippen LogP contribution < -0.4 is 19.5 Å². The first-order valence-electron chi connectivity index (χ1n) is 8.34. The first-order valence-corrected chi connectivity index (χ1v) is 8.72. The molecular formula is C19H19ClN2O4. The summed E-state index contributed by atoms with van der Waals surface area (Å²) in [6.45, 7) is 0.917. The molecule has 1 amide bonds. The fraction of sp³-hybridized carbons (Fsp3) is 0.316. The number of benzene rings is 2. The molecule has 0 aliphatic carbocycles. The molecule has 4 rings (SSSR count). The number of hydrogen-bond donors (Lipinski definition) is 1. The van der Waals surface area contributed by atoms with Crippen LogP contribution in [0.4, 0.5) is 5.69 Å². The Morgan fingerprint density at radius 3 is 2.81 bits per heavy atom. The van der Waals surface area contributed by atoms with Crippen molar-refractivity contribution in [3.8, 4) is 17.2 Å². The van der Waals surface area contributed by atoms with Gasteiger partial charge in [-0.3, -0.25) is 9.69 Å². The van der Waals surface area contributed by atoms with Crippen molar-refractivity contribution in [2.75, 3.05) is 32.8 Å². The van der Waals surface area contributed by atoms with Crippen LogP contribution in [0.3, 0.4) is 0 Å². The Balaban J connectivity index is 1.73. The lowest BCUT2D eigenvalue weighted by Crippen LogP contribution is -2.39. The number of ether oxygens (including phenoxy) is 3. The molecule has 136 valence electrons. The number of nitrogens with one attached hydrogen (secondary N) is 1.